The molecule has 0 N–H and O–H groups in total. The number of carbonyl (C=O) groups is 2. The summed E-state index contributed by atoms with van der Waals surface area (Å²) in [7, 11) is 0. The van der Waals surface area contributed by atoms with Crippen molar-refractivity contribution in [2.24, 2.45) is 0 Å². The molecule has 3 aromatic rings. The Morgan fingerprint density at radius 1 is 1.03 bits per heavy atom. The lowest BCUT2D eigenvalue weighted by Gasteiger charge is -2.25. The van der Waals surface area contributed by atoms with Crippen LogP contribution in [-0.2, 0) is 11.3 Å². The first-order chi connectivity index (χ1) is 14.1. The number of thiophene rings is 2. The van der Waals surface area contributed by atoms with E-state index in [4.69, 9.17) is 9.47 Å². The van der Waals surface area contributed by atoms with Crippen molar-refractivity contribution in [2.45, 2.75) is 26.3 Å². The number of ether oxygens (including phenoxy) is 2. The molecule has 1 aliphatic heterocycles. The molecule has 1 aromatic carbocycles. The van der Waals surface area contributed by atoms with E-state index in [-0.39, 0.29) is 24.5 Å². The Kier molecular flexibility index (Phi) is 5.97. The molecule has 5 nitrogen and oxygen atoms in total. The van der Waals surface area contributed by atoms with E-state index in [1.165, 1.54) is 11.3 Å². The Labute approximate surface area is 177 Å². The number of carbonyl (C=O) groups excluding carboxylic acids is 2. The van der Waals surface area contributed by atoms with Gasteiger partial charge in [-0.3, -0.25) is 9.59 Å². The van der Waals surface area contributed by atoms with Crippen LogP contribution in [0, 0.1) is 6.92 Å². The fraction of sp³-hybridized carbons (Fsp3) is 0.273. The second-order valence-electron chi connectivity index (χ2n) is 6.72. The van der Waals surface area contributed by atoms with Gasteiger partial charge < -0.3 is 14.4 Å². The van der Waals surface area contributed by atoms with Crippen LogP contribution in [0.1, 0.15) is 32.3 Å². The third-order valence-corrected chi connectivity index (χ3v) is 6.52. The standard InChI is InChI=1S/C22H21NO4S2/c1-15-4-8-21(29-15)18(24)6-9-22(25)23(14-17-3-2-12-28-17)16-5-7-19-20(13-16)27-11-10-26-19/h2-5,7-8,12-13H,6,9-11,14H2,1H3. The van der Waals surface area contributed by atoms with Crippen molar-refractivity contribution in [3.63, 3.8) is 0 Å². The number of Topliss-reactive ketones (excluding diaryl/α,β-unsaturated/α-hetero) is 1. The molecule has 3 heterocycles. The normalized spacial score (nSPS) is 12.6. The predicted octanol–water partition coefficient (Wildman–Crippen LogP) is 5.09. The van der Waals surface area contributed by atoms with Gasteiger partial charge in [-0.2, -0.15) is 0 Å². The Morgan fingerprint density at radius 2 is 1.86 bits per heavy atom. The molecule has 0 unspecified atom stereocenters. The first-order valence-electron chi connectivity index (χ1n) is 9.42. The molecule has 0 bridgehead atoms. The van der Waals surface area contributed by atoms with Gasteiger partial charge in [0.1, 0.15) is 13.2 Å². The number of anilines is 1. The third-order valence-electron chi connectivity index (χ3n) is 4.61. The number of aryl methyl sites for hydroxylation is 1. The molecule has 150 valence electrons. The summed E-state index contributed by atoms with van der Waals surface area (Å²) in [4.78, 5) is 30.1. The Balaban J connectivity index is 1.52. The highest BCUT2D eigenvalue weighted by Crippen LogP contribution is 2.35. The SMILES string of the molecule is Cc1ccc(C(=O)CCC(=O)N(Cc2cccs2)c2ccc3c(c2)OCCO3)s1. The number of benzene rings is 1. The van der Waals surface area contributed by atoms with E-state index in [0.29, 0.717) is 36.1 Å². The van der Waals surface area contributed by atoms with Crippen molar-refractivity contribution in [3.8, 4) is 11.5 Å². The predicted molar refractivity (Wildman–Crippen MR) is 116 cm³/mol. The zero-order chi connectivity index (χ0) is 20.2. The molecule has 0 spiro atoms. The molecule has 0 aliphatic carbocycles. The zero-order valence-electron chi connectivity index (χ0n) is 16.1. The monoisotopic (exact) mass is 427 g/mol. The second kappa shape index (κ2) is 8.80. The average molecular weight is 428 g/mol. The number of rotatable bonds is 7. The smallest absolute Gasteiger partial charge is 0.227 e. The van der Waals surface area contributed by atoms with E-state index in [1.54, 1.807) is 16.2 Å². The molecule has 2 aromatic heterocycles. The molecule has 1 aliphatic rings. The topological polar surface area (TPSA) is 55.8 Å². The molecule has 0 atom stereocenters. The quantitative estimate of drug-likeness (QED) is 0.493. The highest BCUT2D eigenvalue weighted by Gasteiger charge is 2.21. The van der Waals surface area contributed by atoms with E-state index in [0.717, 1.165) is 15.4 Å². The van der Waals surface area contributed by atoms with Crippen molar-refractivity contribution in [1.29, 1.82) is 0 Å². The van der Waals surface area contributed by atoms with Gasteiger partial charge in [-0.05, 0) is 42.6 Å². The summed E-state index contributed by atoms with van der Waals surface area (Å²) in [5.41, 5.74) is 0.743. The molecule has 0 fully saturated rings. The maximum atomic E-state index is 13.1. The van der Waals surface area contributed by atoms with Gasteiger partial charge in [0.15, 0.2) is 17.3 Å². The minimum absolute atomic E-state index is 0.00898. The van der Waals surface area contributed by atoms with Crippen LogP contribution in [-0.4, -0.2) is 24.9 Å². The van der Waals surface area contributed by atoms with Crippen molar-refractivity contribution in [2.75, 3.05) is 18.1 Å². The summed E-state index contributed by atoms with van der Waals surface area (Å²) >= 11 is 3.07. The maximum absolute atomic E-state index is 13.1. The maximum Gasteiger partial charge on any atom is 0.227 e. The van der Waals surface area contributed by atoms with Crippen LogP contribution < -0.4 is 14.4 Å². The molecule has 0 radical (unpaired) electrons. The van der Waals surface area contributed by atoms with Gasteiger partial charge in [0.05, 0.1) is 11.4 Å². The highest BCUT2D eigenvalue weighted by molar-refractivity contribution is 7.14. The van der Waals surface area contributed by atoms with Gasteiger partial charge in [0.25, 0.3) is 0 Å². The first-order valence-corrected chi connectivity index (χ1v) is 11.1. The van der Waals surface area contributed by atoms with E-state index >= 15 is 0 Å². The van der Waals surface area contributed by atoms with Crippen molar-refractivity contribution >= 4 is 40.1 Å². The van der Waals surface area contributed by atoms with Gasteiger partial charge in [-0.25, -0.2) is 0 Å². The van der Waals surface area contributed by atoms with Gasteiger partial charge >= 0.3 is 0 Å². The highest BCUT2D eigenvalue weighted by atomic mass is 32.1. The summed E-state index contributed by atoms with van der Waals surface area (Å²) in [6.07, 6.45) is 0.361. The van der Waals surface area contributed by atoms with Gasteiger partial charge in [-0.1, -0.05) is 6.07 Å². The fourth-order valence-corrected chi connectivity index (χ4v) is 4.67. The summed E-state index contributed by atoms with van der Waals surface area (Å²) in [5.74, 6) is 1.25. The van der Waals surface area contributed by atoms with Crippen LogP contribution in [0.15, 0.2) is 47.8 Å². The third kappa shape index (κ3) is 4.68. The van der Waals surface area contributed by atoms with Crippen molar-refractivity contribution in [3.05, 3.63) is 62.5 Å². The van der Waals surface area contributed by atoms with Crippen LogP contribution >= 0.6 is 22.7 Å². The Hall–Kier alpha value is -2.64. The van der Waals surface area contributed by atoms with Crippen molar-refractivity contribution in [1.82, 2.24) is 0 Å². The molecule has 0 saturated heterocycles. The number of amides is 1. The van der Waals surface area contributed by atoms with Crippen LogP contribution in [0.3, 0.4) is 0 Å². The number of nitrogens with zero attached hydrogens (tertiary/aromatic N) is 1. The van der Waals surface area contributed by atoms with Gasteiger partial charge in [0, 0.05) is 34.3 Å². The van der Waals surface area contributed by atoms with E-state index in [9.17, 15) is 9.59 Å². The van der Waals surface area contributed by atoms with Crippen molar-refractivity contribution < 1.29 is 19.1 Å². The van der Waals surface area contributed by atoms with Crippen LogP contribution in [0.2, 0.25) is 0 Å². The Morgan fingerprint density at radius 3 is 2.59 bits per heavy atom. The molecule has 7 heteroatoms. The molecule has 4 rings (SSSR count). The van der Waals surface area contributed by atoms with Gasteiger partial charge in [-0.15, -0.1) is 22.7 Å². The molecular formula is C22H21NO4S2. The minimum Gasteiger partial charge on any atom is -0.486 e. The molecular weight excluding hydrogens is 406 g/mol. The van der Waals surface area contributed by atoms with E-state index in [1.807, 2.05) is 54.8 Å². The minimum atomic E-state index is -0.0864. The number of ketones is 1. The zero-order valence-corrected chi connectivity index (χ0v) is 17.7. The summed E-state index contributed by atoms with van der Waals surface area (Å²) < 4.78 is 11.3. The van der Waals surface area contributed by atoms with E-state index in [2.05, 4.69) is 0 Å². The molecule has 29 heavy (non-hydrogen) atoms. The van der Waals surface area contributed by atoms with Crippen LogP contribution in [0.5, 0.6) is 11.5 Å². The molecule has 0 saturated carbocycles. The Bertz CT molecular complexity index is 1010. The lowest BCUT2D eigenvalue weighted by Crippen LogP contribution is -2.30. The number of fused-ring (bicyclic) bond motifs is 1. The lowest BCUT2D eigenvalue weighted by molar-refractivity contribution is -0.118. The van der Waals surface area contributed by atoms with E-state index < -0.39 is 0 Å². The first kappa shape index (κ1) is 19.7. The summed E-state index contributed by atoms with van der Waals surface area (Å²) in [5, 5.41) is 1.99. The second-order valence-corrected chi connectivity index (χ2v) is 9.04. The summed E-state index contributed by atoms with van der Waals surface area (Å²) in [6, 6.07) is 13.3. The van der Waals surface area contributed by atoms with Gasteiger partial charge in [0.2, 0.25) is 5.91 Å². The average Bonchev–Trinajstić information content (AvgIpc) is 3.41. The lowest BCUT2D eigenvalue weighted by atomic mass is 10.1. The fourth-order valence-electron chi connectivity index (χ4n) is 3.14. The van der Waals surface area contributed by atoms with Crippen LogP contribution in [0.4, 0.5) is 5.69 Å². The van der Waals surface area contributed by atoms with Crippen LogP contribution in [0.25, 0.3) is 0 Å². The summed E-state index contributed by atoms with van der Waals surface area (Å²) in [6.45, 7) is 3.44. The molecule has 1 amide bonds. The number of hydrogen-bond acceptors (Lipinski definition) is 6. The number of hydrogen-bond donors (Lipinski definition) is 0. The largest absolute Gasteiger partial charge is 0.486 e.